The number of carbonyl (C=O) groups excluding carboxylic acids is 1. The van der Waals surface area contributed by atoms with Crippen LogP contribution in [0, 0.1) is 6.92 Å². The number of ether oxygens (including phenoxy) is 1. The van der Waals surface area contributed by atoms with Gasteiger partial charge in [0.25, 0.3) is 0 Å². The lowest BCUT2D eigenvalue weighted by molar-refractivity contribution is 0.112. The van der Waals surface area contributed by atoms with E-state index < -0.39 is 0 Å². The van der Waals surface area contributed by atoms with Crippen molar-refractivity contribution >= 4 is 29.5 Å². The standard InChI is InChI=1S/C10H10Cl2O2/c1-3-14-10-7(5-13)4-8(11)6(2)9(10)12/h4-5H,3H2,1-2H3. The zero-order valence-corrected chi connectivity index (χ0v) is 9.45. The first-order chi connectivity index (χ1) is 6.61. The van der Waals surface area contributed by atoms with Crippen molar-refractivity contribution < 1.29 is 9.53 Å². The van der Waals surface area contributed by atoms with E-state index in [1.54, 1.807) is 13.0 Å². The Balaban J connectivity index is 3.36. The summed E-state index contributed by atoms with van der Waals surface area (Å²) in [6, 6.07) is 1.56. The van der Waals surface area contributed by atoms with E-state index in [2.05, 4.69) is 0 Å². The molecule has 0 bridgehead atoms. The predicted octanol–water partition coefficient (Wildman–Crippen LogP) is 3.51. The fourth-order valence-electron chi connectivity index (χ4n) is 1.09. The second-order valence-electron chi connectivity index (χ2n) is 2.77. The zero-order chi connectivity index (χ0) is 10.7. The fraction of sp³-hybridized carbons (Fsp3) is 0.300. The van der Waals surface area contributed by atoms with Crippen molar-refractivity contribution in [3.8, 4) is 5.75 Å². The summed E-state index contributed by atoms with van der Waals surface area (Å²) in [7, 11) is 0. The summed E-state index contributed by atoms with van der Waals surface area (Å²) in [5, 5.41) is 0.877. The third-order valence-corrected chi connectivity index (χ3v) is 2.69. The first-order valence-electron chi connectivity index (χ1n) is 4.18. The maximum atomic E-state index is 10.7. The third-order valence-electron chi connectivity index (χ3n) is 1.85. The van der Waals surface area contributed by atoms with Crippen LogP contribution in [0.1, 0.15) is 22.8 Å². The minimum atomic E-state index is 0.382. The van der Waals surface area contributed by atoms with E-state index in [-0.39, 0.29) is 0 Å². The van der Waals surface area contributed by atoms with Gasteiger partial charge in [0.05, 0.1) is 17.2 Å². The Morgan fingerprint density at radius 1 is 1.50 bits per heavy atom. The molecule has 0 saturated heterocycles. The topological polar surface area (TPSA) is 26.3 Å². The molecule has 14 heavy (non-hydrogen) atoms. The van der Waals surface area contributed by atoms with Crippen molar-refractivity contribution in [3.05, 3.63) is 27.2 Å². The molecule has 0 aromatic heterocycles. The van der Waals surface area contributed by atoms with Gasteiger partial charge in [0.15, 0.2) is 6.29 Å². The molecule has 1 aromatic carbocycles. The highest BCUT2D eigenvalue weighted by molar-refractivity contribution is 6.37. The summed E-state index contributed by atoms with van der Waals surface area (Å²) in [5.74, 6) is 0.408. The summed E-state index contributed by atoms with van der Waals surface area (Å²) in [4.78, 5) is 10.7. The van der Waals surface area contributed by atoms with E-state index in [4.69, 9.17) is 27.9 Å². The molecule has 0 radical (unpaired) electrons. The minimum Gasteiger partial charge on any atom is -0.492 e. The number of benzene rings is 1. The number of carbonyl (C=O) groups is 1. The van der Waals surface area contributed by atoms with Gasteiger partial charge in [-0.3, -0.25) is 4.79 Å². The molecule has 1 rings (SSSR count). The van der Waals surface area contributed by atoms with Crippen LogP contribution >= 0.6 is 23.2 Å². The zero-order valence-electron chi connectivity index (χ0n) is 7.93. The molecule has 0 N–H and O–H groups in total. The van der Waals surface area contributed by atoms with Crippen molar-refractivity contribution in [2.75, 3.05) is 6.61 Å². The smallest absolute Gasteiger partial charge is 0.153 e. The van der Waals surface area contributed by atoms with E-state index in [1.165, 1.54) is 0 Å². The van der Waals surface area contributed by atoms with E-state index in [0.29, 0.717) is 34.3 Å². The lowest BCUT2D eigenvalue weighted by Crippen LogP contribution is -1.98. The summed E-state index contributed by atoms with van der Waals surface area (Å²) in [6.07, 6.45) is 0.683. The first kappa shape index (κ1) is 11.3. The van der Waals surface area contributed by atoms with Gasteiger partial charge in [0, 0.05) is 5.02 Å². The molecule has 0 heterocycles. The molecule has 0 saturated carbocycles. The molecule has 0 aliphatic rings. The molecule has 0 fully saturated rings. The van der Waals surface area contributed by atoms with Gasteiger partial charge in [-0.05, 0) is 25.5 Å². The van der Waals surface area contributed by atoms with Crippen LogP contribution in [-0.2, 0) is 0 Å². The van der Waals surface area contributed by atoms with Crippen LogP contribution in [0.5, 0.6) is 5.75 Å². The molecule has 0 aliphatic heterocycles. The normalized spacial score (nSPS) is 10.0. The van der Waals surface area contributed by atoms with Crippen molar-refractivity contribution in [2.24, 2.45) is 0 Å². The van der Waals surface area contributed by atoms with Gasteiger partial charge in [-0.15, -0.1) is 0 Å². The van der Waals surface area contributed by atoms with Gasteiger partial charge in [0.1, 0.15) is 5.75 Å². The molecule has 0 amide bonds. The molecule has 1 aromatic rings. The van der Waals surface area contributed by atoms with E-state index in [1.807, 2.05) is 6.92 Å². The van der Waals surface area contributed by atoms with E-state index >= 15 is 0 Å². The molecule has 0 aliphatic carbocycles. The SMILES string of the molecule is CCOc1c(C=O)cc(Cl)c(C)c1Cl. The fourth-order valence-corrected chi connectivity index (χ4v) is 1.62. The highest BCUT2D eigenvalue weighted by Gasteiger charge is 2.13. The quantitative estimate of drug-likeness (QED) is 0.746. The van der Waals surface area contributed by atoms with Crippen LogP contribution in [-0.4, -0.2) is 12.9 Å². The predicted molar refractivity (Wildman–Crippen MR) is 57.8 cm³/mol. The van der Waals surface area contributed by atoms with Crippen molar-refractivity contribution in [3.63, 3.8) is 0 Å². The number of aldehydes is 1. The molecule has 4 heteroatoms. The Morgan fingerprint density at radius 3 is 2.64 bits per heavy atom. The van der Waals surface area contributed by atoms with Crippen LogP contribution in [0.15, 0.2) is 6.07 Å². The minimum absolute atomic E-state index is 0.382. The second-order valence-corrected chi connectivity index (χ2v) is 3.55. The first-order valence-corrected chi connectivity index (χ1v) is 4.94. The largest absolute Gasteiger partial charge is 0.492 e. The second kappa shape index (κ2) is 4.67. The average molecular weight is 233 g/mol. The van der Waals surface area contributed by atoms with E-state index in [9.17, 15) is 4.79 Å². The van der Waals surface area contributed by atoms with Crippen LogP contribution in [0.2, 0.25) is 10.0 Å². The number of rotatable bonds is 3. The van der Waals surface area contributed by atoms with Gasteiger partial charge < -0.3 is 4.74 Å². The molecule has 0 spiro atoms. The molecule has 2 nitrogen and oxygen atoms in total. The van der Waals surface area contributed by atoms with Crippen LogP contribution < -0.4 is 4.74 Å². The van der Waals surface area contributed by atoms with Gasteiger partial charge in [0.2, 0.25) is 0 Å². The highest BCUT2D eigenvalue weighted by Crippen LogP contribution is 2.35. The van der Waals surface area contributed by atoms with Crippen molar-refractivity contribution in [2.45, 2.75) is 13.8 Å². The maximum Gasteiger partial charge on any atom is 0.153 e. The average Bonchev–Trinajstić information content (AvgIpc) is 2.19. The van der Waals surface area contributed by atoms with Gasteiger partial charge >= 0.3 is 0 Å². The Bertz CT molecular complexity index is 362. The van der Waals surface area contributed by atoms with Crippen LogP contribution in [0.25, 0.3) is 0 Å². The maximum absolute atomic E-state index is 10.7. The molecule has 0 unspecified atom stereocenters. The Labute approximate surface area is 92.8 Å². The monoisotopic (exact) mass is 232 g/mol. The summed E-state index contributed by atoms with van der Waals surface area (Å²) in [6.45, 7) is 4.07. The number of hydrogen-bond acceptors (Lipinski definition) is 2. The van der Waals surface area contributed by atoms with Crippen LogP contribution in [0.3, 0.4) is 0 Å². The summed E-state index contributed by atoms with van der Waals surface area (Å²) >= 11 is 11.9. The summed E-state index contributed by atoms with van der Waals surface area (Å²) < 4.78 is 5.27. The van der Waals surface area contributed by atoms with Crippen molar-refractivity contribution in [1.82, 2.24) is 0 Å². The lowest BCUT2D eigenvalue weighted by atomic mass is 10.1. The van der Waals surface area contributed by atoms with E-state index in [0.717, 1.165) is 5.56 Å². The summed E-state index contributed by atoms with van der Waals surface area (Å²) in [5.41, 5.74) is 1.11. The Morgan fingerprint density at radius 2 is 2.14 bits per heavy atom. The molecule has 76 valence electrons. The molecular formula is C10H10Cl2O2. The third kappa shape index (κ3) is 2.02. The molecular weight excluding hydrogens is 223 g/mol. The highest BCUT2D eigenvalue weighted by atomic mass is 35.5. The number of hydrogen-bond donors (Lipinski definition) is 0. The molecule has 0 atom stereocenters. The Hall–Kier alpha value is -0.730. The Kier molecular flexibility index (Phi) is 3.78. The van der Waals surface area contributed by atoms with Gasteiger partial charge in [-0.25, -0.2) is 0 Å². The van der Waals surface area contributed by atoms with Gasteiger partial charge in [-0.2, -0.15) is 0 Å². The van der Waals surface area contributed by atoms with Crippen LogP contribution in [0.4, 0.5) is 0 Å². The van der Waals surface area contributed by atoms with Crippen molar-refractivity contribution in [1.29, 1.82) is 0 Å². The number of halogens is 2. The van der Waals surface area contributed by atoms with Gasteiger partial charge in [-0.1, -0.05) is 23.2 Å². The lowest BCUT2D eigenvalue weighted by Gasteiger charge is -2.11.